The summed E-state index contributed by atoms with van der Waals surface area (Å²) in [5.74, 6) is 0.798. The van der Waals surface area contributed by atoms with Crippen LogP contribution in [0.2, 0.25) is 0 Å². The van der Waals surface area contributed by atoms with Crippen molar-refractivity contribution < 1.29 is 18.8 Å². The summed E-state index contributed by atoms with van der Waals surface area (Å²) in [5, 5.41) is 0. The molecule has 0 spiro atoms. The maximum atomic E-state index is 6.16. The summed E-state index contributed by atoms with van der Waals surface area (Å²) in [5.41, 5.74) is 2.52. The summed E-state index contributed by atoms with van der Waals surface area (Å²) < 4.78 is 22.9. The van der Waals surface area contributed by atoms with Crippen LogP contribution in [0, 0.1) is 13.8 Å². The molecule has 116 valence electrons. The summed E-state index contributed by atoms with van der Waals surface area (Å²) in [6.45, 7) is 12.6. The van der Waals surface area contributed by atoms with Gasteiger partial charge in [0.15, 0.2) is 6.79 Å². The molecule has 0 atom stereocenters. The summed E-state index contributed by atoms with van der Waals surface area (Å²) in [6.07, 6.45) is 0. The van der Waals surface area contributed by atoms with Gasteiger partial charge in [0.05, 0.1) is 11.2 Å². The summed E-state index contributed by atoms with van der Waals surface area (Å²) in [7, 11) is 1.24. The van der Waals surface area contributed by atoms with Crippen molar-refractivity contribution in [3.8, 4) is 5.75 Å². The Morgan fingerprint density at radius 2 is 1.62 bits per heavy atom. The van der Waals surface area contributed by atoms with Gasteiger partial charge in [0.25, 0.3) is 0 Å². The highest BCUT2D eigenvalue weighted by Gasteiger charge is 2.52. The number of benzene rings is 1. The number of ether oxygens (including phenoxy) is 2. The molecule has 0 saturated carbocycles. The van der Waals surface area contributed by atoms with Gasteiger partial charge in [-0.1, -0.05) is 11.6 Å². The molecule has 0 aromatic heterocycles. The van der Waals surface area contributed by atoms with Gasteiger partial charge in [-0.2, -0.15) is 0 Å². The fourth-order valence-electron chi connectivity index (χ4n) is 2.45. The predicted molar refractivity (Wildman–Crippen MR) is 84.1 cm³/mol. The zero-order chi connectivity index (χ0) is 15.8. The minimum atomic E-state index is -0.374. The smallest absolute Gasteiger partial charge is 0.467 e. The molecule has 0 amide bonds. The fraction of sp³-hybridized carbons (Fsp3) is 0.625. The van der Waals surface area contributed by atoms with Gasteiger partial charge in [-0.05, 0) is 58.6 Å². The molecule has 0 N–H and O–H groups in total. The highest BCUT2D eigenvalue weighted by molar-refractivity contribution is 6.63. The van der Waals surface area contributed by atoms with E-state index in [-0.39, 0.29) is 25.1 Å². The van der Waals surface area contributed by atoms with Crippen LogP contribution in [0.3, 0.4) is 0 Å². The second-order valence-electron chi connectivity index (χ2n) is 6.56. The Morgan fingerprint density at radius 3 is 2.14 bits per heavy atom. The largest absolute Gasteiger partial charge is 0.495 e. The second kappa shape index (κ2) is 5.63. The van der Waals surface area contributed by atoms with Crippen LogP contribution >= 0.6 is 0 Å². The van der Waals surface area contributed by atoms with Crippen molar-refractivity contribution >= 4 is 12.6 Å². The quantitative estimate of drug-likeness (QED) is 0.631. The summed E-state index contributed by atoms with van der Waals surface area (Å²) >= 11 is 0. The van der Waals surface area contributed by atoms with Crippen LogP contribution in [0.4, 0.5) is 0 Å². The van der Waals surface area contributed by atoms with E-state index in [2.05, 4.69) is 34.6 Å². The van der Waals surface area contributed by atoms with Crippen LogP contribution in [0.1, 0.15) is 38.8 Å². The Bertz CT molecular complexity index is 509. The van der Waals surface area contributed by atoms with E-state index >= 15 is 0 Å². The van der Waals surface area contributed by atoms with Gasteiger partial charge in [-0.25, -0.2) is 0 Å². The average Bonchev–Trinajstić information content (AvgIpc) is 2.57. The van der Waals surface area contributed by atoms with Gasteiger partial charge in [-0.3, -0.25) is 0 Å². The normalized spacial score (nSPS) is 19.9. The van der Waals surface area contributed by atoms with E-state index in [0.717, 1.165) is 22.3 Å². The molecule has 0 radical (unpaired) electrons. The highest BCUT2D eigenvalue weighted by Crippen LogP contribution is 2.37. The van der Waals surface area contributed by atoms with Crippen molar-refractivity contribution in [1.29, 1.82) is 0 Å². The van der Waals surface area contributed by atoms with Gasteiger partial charge >= 0.3 is 7.12 Å². The number of hydrogen-bond donors (Lipinski definition) is 0. The Hall–Kier alpha value is -1.04. The lowest BCUT2D eigenvalue weighted by atomic mass is 9.73. The maximum absolute atomic E-state index is 6.16. The van der Waals surface area contributed by atoms with Crippen molar-refractivity contribution in [2.24, 2.45) is 0 Å². The van der Waals surface area contributed by atoms with Crippen molar-refractivity contribution in [2.45, 2.75) is 52.7 Å². The molecular formula is C16H25BO4. The molecule has 0 aliphatic carbocycles. The van der Waals surface area contributed by atoms with Crippen molar-refractivity contribution in [2.75, 3.05) is 13.9 Å². The third kappa shape index (κ3) is 2.96. The zero-order valence-electron chi connectivity index (χ0n) is 14.1. The van der Waals surface area contributed by atoms with Gasteiger partial charge in [0.2, 0.25) is 0 Å². The zero-order valence-corrected chi connectivity index (χ0v) is 14.1. The third-order valence-corrected chi connectivity index (χ3v) is 4.50. The number of methoxy groups -OCH3 is 1. The van der Waals surface area contributed by atoms with Crippen LogP contribution in [-0.2, 0) is 14.0 Å². The Balaban J connectivity index is 2.36. The SMILES string of the molecule is COCOc1ccc(C)c(B2OC(C)(C)C(C)(C)O2)c1C. The first-order valence-electron chi connectivity index (χ1n) is 7.27. The molecule has 1 fully saturated rings. The molecule has 1 heterocycles. The monoisotopic (exact) mass is 292 g/mol. The molecule has 21 heavy (non-hydrogen) atoms. The fourth-order valence-corrected chi connectivity index (χ4v) is 2.45. The standard InChI is InChI=1S/C16H25BO4/c1-11-8-9-13(19-10-18-7)12(2)14(11)17-20-15(3,4)16(5,6)21-17/h8-9H,10H2,1-7H3. The van der Waals surface area contributed by atoms with E-state index in [0.29, 0.717) is 0 Å². The van der Waals surface area contributed by atoms with Crippen molar-refractivity contribution in [3.63, 3.8) is 0 Å². The van der Waals surface area contributed by atoms with E-state index in [4.69, 9.17) is 18.8 Å². The minimum absolute atomic E-state index is 0.229. The first-order valence-corrected chi connectivity index (χ1v) is 7.27. The lowest BCUT2D eigenvalue weighted by Gasteiger charge is -2.32. The van der Waals surface area contributed by atoms with Crippen molar-refractivity contribution in [3.05, 3.63) is 23.3 Å². The molecule has 2 rings (SSSR count). The lowest BCUT2D eigenvalue weighted by molar-refractivity contribution is 0.00578. The van der Waals surface area contributed by atoms with Gasteiger partial charge < -0.3 is 18.8 Å². The number of hydrogen-bond acceptors (Lipinski definition) is 4. The molecule has 1 saturated heterocycles. The van der Waals surface area contributed by atoms with Gasteiger partial charge in [-0.15, -0.1) is 0 Å². The van der Waals surface area contributed by atoms with Crippen molar-refractivity contribution in [1.82, 2.24) is 0 Å². The van der Waals surface area contributed by atoms with E-state index in [1.807, 2.05) is 19.1 Å². The first-order chi connectivity index (χ1) is 9.69. The van der Waals surface area contributed by atoms with E-state index in [9.17, 15) is 0 Å². The Labute approximate surface area is 127 Å². The van der Waals surface area contributed by atoms with E-state index < -0.39 is 0 Å². The molecule has 1 aromatic rings. The predicted octanol–water partition coefficient (Wildman–Crippen LogP) is 2.59. The van der Waals surface area contributed by atoms with E-state index in [1.165, 1.54) is 0 Å². The Kier molecular flexibility index (Phi) is 4.38. The lowest BCUT2D eigenvalue weighted by Crippen LogP contribution is -2.41. The maximum Gasteiger partial charge on any atom is 0.495 e. The minimum Gasteiger partial charge on any atom is -0.467 e. The molecule has 0 bridgehead atoms. The summed E-state index contributed by atoms with van der Waals surface area (Å²) in [4.78, 5) is 0. The molecule has 5 heteroatoms. The first kappa shape index (κ1) is 16.3. The van der Waals surface area contributed by atoms with Crippen LogP contribution in [0.25, 0.3) is 0 Å². The van der Waals surface area contributed by atoms with Crippen LogP contribution in [0.15, 0.2) is 12.1 Å². The number of aryl methyl sites for hydroxylation is 1. The van der Waals surface area contributed by atoms with Gasteiger partial charge in [0.1, 0.15) is 5.75 Å². The van der Waals surface area contributed by atoms with Crippen LogP contribution in [-0.4, -0.2) is 32.2 Å². The highest BCUT2D eigenvalue weighted by atomic mass is 16.7. The molecule has 4 nitrogen and oxygen atoms in total. The third-order valence-electron chi connectivity index (χ3n) is 4.50. The van der Waals surface area contributed by atoms with Crippen LogP contribution in [0.5, 0.6) is 5.75 Å². The molecule has 0 unspecified atom stereocenters. The Morgan fingerprint density at radius 1 is 1.05 bits per heavy atom. The summed E-state index contributed by atoms with van der Waals surface area (Å²) in [6, 6.07) is 3.98. The topological polar surface area (TPSA) is 36.9 Å². The second-order valence-corrected chi connectivity index (χ2v) is 6.56. The molecule has 1 aromatic carbocycles. The average molecular weight is 292 g/mol. The number of rotatable bonds is 4. The molecule has 1 aliphatic rings. The molecular weight excluding hydrogens is 267 g/mol. The van der Waals surface area contributed by atoms with E-state index in [1.54, 1.807) is 7.11 Å². The van der Waals surface area contributed by atoms with Gasteiger partial charge in [0, 0.05) is 7.11 Å². The molecule has 1 aliphatic heterocycles. The van der Waals surface area contributed by atoms with Crippen LogP contribution < -0.4 is 10.2 Å².